The van der Waals surface area contributed by atoms with Gasteiger partial charge in [-0.1, -0.05) is 19.1 Å². The van der Waals surface area contributed by atoms with Crippen molar-refractivity contribution in [2.75, 3.05) is 11.9 Å². The molecule has 122 valence electrons. The standard InChI is InChI=1S/C18H22N2O3/c1-12-10-14(12)16-7-6-13(23-16)11-20-15-4-2-3-5-17(15)22-9-8-18(19)21/h2-7,12,14,20H,8-11H2,1H3,(H2,19,21). The Morgan fingerprint density at radius 3 is 2.87 bits per heavy atom. The number of nitrogens with one attached hydrogen (secondary N) is 1. The third-order valence-corrected chi connectivity index (χ3v) is 4.10. The lowest BCUT2D eigenvalue weighted by atomic mass is 10.2. The molecule has 0 aliphatic heterocycles. The van der Waals surface area contributed by atoms with Gasteiger partial charge in [0.1, 0.15) is 17.3 Å². The van der Waals surface area contributed by atoms with E-state index in [1.165, 1.54) is 6.42 Å². The van der Waals surface area contributed by atoms with Gasteiger partial charge in [-0.25, -0.2) is 0 Å². The van der Waals surface area contributed by atoms with Crippen molar-refractivity contribution in [1.82, 2.24) is 0 Å². The first-order valence-corrected chi connectivity index (χ1v) is 7.96. The van der Waals surface area contributed by atoms with E-state index in [0.29, 0.717) is 18.2 Å². The number of furan rings is 1. The van der Waals surface area contributed by atoms with Gasteiger partial charge >= 0.3 is 0 Å². The van der Waals surface area contributed by atoms with Gasteiger partial charge in [0.2, 0.25) is 5.91 Å². The summed E-state index contributed by atoms with van der Waals surface area (Å²) in [5.41, 5.74) is 5.99. The van der Waals surface area contributed by atoms with Crippen LogP contribution in [0.2, 0.25) is 0 Å². The van der Waals surface area contributed by atoms with Crippen LogP contribution in [-0.2, 0) is 11.3 Å². The molecular formula is C18H22N2O3. The van der Waals surface area contributed by atoms with E-state index < -0.39 is 0 Å². The Morgan fingerprint density at radius 2 is 2.13 bits per heavy atom. The minimum atomic E-state index is -0.368. The summed E-state index contributed by atoms with van der Waals surface area (Å²) < 4.78 is 11.5. The fourth-order valence-electron chi connectivity index (χ4n) is 2.59. The first-order chi connectivity index (χ1) is 11.1. The Balaban J connectivity index is 1.57. The second kappa shape index (κ2) is 6.77. The van der Waals surface area contributed by atoms with Crippen LogP contribution in [0.15, 0.2) is 40.8 Å². The fraction of sp³-hybridized carbons (Fsp3) is 0.389. The molecule has 1 aromatic heterocycles. The summed E-state index contributed by atoms with van der Waals surface area (Å²) in [6, 6.07) is 11.7. The highest BCUT2D eigenvalue weighted by Crippen LogP contribution is 2.47. The van der Waals surface area contributed by atoms with Crippen molar-refractivity contribution >= 4 is 11.6 Å². The van der Waals surface area contributed by atoms with Crippen LogP contribution in [0.5, 0.6) is 5.75 Å². The fourth-order valence-corrected chi connectivity index (χ4v) is 2.59. The minimum absolute atomic E-state index is 0.204. The van der Waals surface area contributed by atoms with Gasteiger partial charge in [-0.15, -0.1) is 0 Å². The largest absolute Gasteiger partial charge is 0.491 e. The molecule has 0 spiro atoms. The number of hydrogen-bond acceptors (Lipinski definition) is 4. The lowest BCUT2D eigenvalue weighted by Crippen LogP contribution is -2.15. The first-order valence-electron chi connectivity index (χ1n) is 7.96. The molecular weight excluding hydrogens is 292 g/mol. The number of rotatable bonds is 8. The monoisotopic (exact) mass is 314 g/mol. The quantitative estimate of drug-likeness (QED) is 0.784. The predicted molar refractivity (Wildman–Crippen MR) is 88.3 cm³/mol. The van der Waals surface area contributed by atoms with E-state index in [9.17, 15) is 4.79 Å². The second-order valence-corrected chi connectivity index (χ2v) is 6.04. The van der Waals surface area contributed by atoms with Crippen molar-refractivity contribution in [3.05, 3.63) is 47.9 Å². The zero-order valence-electron chi connectivity index (χ0n) is 13.2. The van der Waals surface area contributed by atoms with Crippen molar-refractivity contribution in [2.45, 2.75) is 32.2 Å². The molecule has 1 aromatic carbocycles. The Bertz CT molecular complexity index is 680. The number of ether oxygens (including phenoxy) is 1. The number of para-hydroxylation sites is 2. The van der Waals surface area contributed by atoms with Gasteiger partial charge < -0.3 is 20.2 Å². The van der Waals surface area contributed by atoms with Crippen LogP contribution < -0.4 is 15.8 Å². The number of hydrogen-bond donors (Lipinski definition) is 2. The van der Waals surface area contributed by atoms with E-state index in [-0.39, 0.29) is 18.9 Å². The van der Waals surface area contributed by atoms with E-state index in [2.05, 4.69) is 18.3 Å². The summed E-state index contributed by atoms with van der Waals surface area (Å²) in [6.45, 7) is 3.11. The molecule has 5 heteroatoms. The molecule has 5 nitrogen and oxygen atoms in total. The molecule has 3 N–H and O–H groups in total. The molecule has 1 fully saturated rings. The highest BCUT2D eigenvalue weighted by atomic mass is 16.5. The topological polar surface area (TPSA) is 77.5 Å². The Labute approximate surface area is 135 Å². The van der Waals surface area contributed by atoms with Crippen LogP contribution in [0.25, 0.3) is 0 Å². The van der Waals surface area contributed by atoms with Crippen LogP contribution in [0.3, 0.4) is 0 Å². The van der Waals surface area contributed by atoms with E-state index in [1.807, 2.05) is 30.3 Å². The zero-order chi connectivity index (χ0) is 16.2. The van der Waals surface area contributed by atoms with Crippen molar-refractivity contribution < 1.29 is 13.9 Å². The number of carbonyl (C=O) groups is 1. The lowest BCUT2D eigenvalue weighted by molar-refractivity contribution is -0.118. The Hall–Kier alpha value is -2.43. The highest BCUT2D eigenvalue weighted by molar-refractivity contribution is 5.73. The van der Waals surface area contributed by atoms with Gasteiger partial charge in [-0.2, -0.15) is 0 Å². The summed E-state index contributed by atoms with van der Waals surface area (Å²) in [5.74, 6) is 3.66. The van der Waals surface area contributed by atoms with Gasteiger partial charge in [0.25, 0.3) is 0 Å². The highest BCUT2D eigenvalue weighted by Gasteiger charge is 2.36. The minimum Gasteiger partial charge on any atom is -0.491 e. The summed E-state index contributed by atoms with van der Waals surface area (Å²) in [4.78, 5) is 10.8. The smallest absolute Gasteiger partial charge is 0.220 e. The maximum Gasteiger partial charge on any atom is 0.220 e. The predicted octanol–water partition coefficient (Wildman–Crippen LogP) is 3.27. The van der Waals surface area contributed by atoms with Gasteiger partial charge in [0.05, 0.1) is 25.3 Å². The number of benzene rings is 1. The number of primary amides is 1. The third-order valence-electron chi connectivity index (χ3n) is 4.10. The van der Waals surface area contributed by atoms with Crippen LogP contribution in [-0.4, -0.2) is 12.5 Å². The maximum atomic E-state index is 10.8. The van der Waals surface area contributed by atoms with Crippen LogP contribution >= 0.6 is 0 Å². The van der Waals surface area contributed by atoms with Gasteiger partial charge in [-0.3, -0.25) is 4.79 Å². The average molecular weight is 314 g/mol. The molecule has 2 unspecified atom stereocenters. The summed E-state index contributed by atoms with van der Waals surface area (Å²) in [5, 5.41) is 3.32. The normalized spacial score (nSPS) is 19.3. The third kappa shape index (κ3) is 4.06. The molecule has 1 amide bonds. The number of nitrogens with two attached hydrogens (primary N) is 1. The van der Waals surface area contributed by atoms with Crippen LogP contribution in [0, 0.1) is 5.92 Å². The SMILES string of the molecule is CC1CC1c1ccc(CNc2ccccc2OCCC(N)=O)o1. The van der Waals surface area contributed by atoms with E-state index in [4.69, 9.17) is 14.9 Å². The van der Waals surface area contributed by atoms with Crippen molar-refractivity contribution in [3.63, 3.8) is 0 Å². The first kappa shape index (κ1) is 15.5. The van der Waals surface area contributed by atoms with Gasteiger partial charge in [-0.05, 0) is 36.6 Å². The molecule has 0 bridgehead atoms. The van der Waals surface area contributed by atoms with Gasteiger partial charge in [0, 0.05) is 5.92 Å². The molecule has 3 rings (SSSR count). The zero-order valence-corrected chi connectivity index (χ0v) is 13.2. The van der Waals surface area contributed by atoms with Crippen molar-refractivity contribution in [3.8, 4) is 5.75 Å². The number of carbonyl (C=O) groups excluding carboxylic acids is 1. The molecule has 0 radical (unpaired) electrons. The van der Waals surface area contributed by atoms with E-state index in [1.54, 1.807) is 0 Å². The summed E-state index contributed by atoms with van der Waals surface area (Å²) in [6.07, 6.45) is 1.42. The molecule has 1 aliphatic carbocycles. The summed E-state index contributed by atoms with van der Waals surface area (Å²) >= 11 is 0. The molecule has 23 heavy (non-hydrogen) atoms. The van der Waals surface area contributed by atoms with E-state index >= 15 is 0 Å². The number of anilines is 1. The lowest BCUT2D eigenvalue weighted by Gasteiger charge is -2.12. The Kier molecular flexibility index (Phi) is 4.55. The van der Waals surface area contributed by atoms with Crippen molar-refractivity contribution in [1.29, 1.82) is 0 Å². The molecule has 2 aromatic rings. The maximum absolute atomic E-state index is 10.8. The number of amides is 1. The van der Waals surface area contributed by atoms with E-state index in [0.717, 1.165) is 23.1 Å². The van der Waals surface area contributed by atoms with Crippen molar-refractivity contribution in [2.24, 2.45) is 11.7 Å². The molecule has 1 heterocycles. The van der Waals surface area contributed by atoms with Gasteiger partial charge in [0.15, 0.2) is 0 Å². The van der Waals surface area contributed by atoms with Crippen LogP contribution in [0.1, 0.15) is 37.2 Å². The average Bonchev–Trinajstić information content (AvgIpc) is 3.08. The molecule has 0 saturated heterocycles. The summed E-state index contributed by atoms with van der Waals surface area (Å²) in [7, 11) is 0. The van der Waals surface area contributed by atoms with Crippen LogP contribution in [0.4, 0.5) is 5.69 Å². The second-order valence-electron chi connectivity index (χ2n) is 6.04. The molecule has 1 saturated carbocycles. The molecule has 1 aliphatic rings. The Morgan fingerprint density at radius 1 is 1.35 bits per heavy atom. The molecule has 2 atom stereocenters.